The van der Waals surface area contributed by atoms with Gasteiger partial charge in [-0.2, -0.15) is 0 Å². The molecule has 1 aliphatic heterocycles. The predicted molar refractivity (Wildman–Crippen MR) is 85.3 cm³/mol. The molecule has 114 valence electrons. The van der Waals surface area contributed by atoms with Gasteiger partial charge < -0.3 is 4.74 Å². The summed E-state index contributed by atoms with van der Waals surface area (Å²) in [5, 5.41) is 0. The molecule has 0 aromatic heterocycles. The minimum atomic E-state index is 0.598. The van der Waals surface area contributed by atoms with Crippen LogP contribution in [0.2, 0.25) is 0 Å². The van der Waals surface area contributed by atoms with Gasteiger partial charge in [0.05, 0.1) is 13.2 Å². The van der Waals surface area contributed by atoms with Crippen LogP contribution in [0.25, 0.3) is 0 Å². The molecule has 0 spiro atoms. The number of hydrogen-bond acceptors (Lipinski definition) is 2. The molecule has 1 saturated heterocycles. The smallest absolute Gasteiger partial charge is 0.0594 e. The van der Waals surface area contributed by atoms with E-state index in [1.165, 1.54) is 57.2 Å². The molecule has 2 heteroatoms. The minimum absolute atomic E-state index is 0.598. The first kappa shape index (κ1) is 13.8. The second kappa shape index (κ2) is 5.73. The van der Waals surface area contributed by atoms with Crippen molar-refractivity contribution in [2.75, 3.05) is 26.3 Å². The molecule has 0 unspecified atom stereocenters. The summed E-state index contributed by atoms with van der Waals surface area (Å²) in [7, 11) is 0. The lowest BCUT2D eigenvalue weighted by molar-refractivity contribution is 0.00318. The van der Waals surface area contributed by atoms with E-state index in [1.54, 1.807) is 0 Å². The number of ether oxygens (including phenoxy) is 1. The third-order valence-corrected chi connectivity index (χ3v) is 6.18. The van der Waals surface area contributed by atoms with Crippen molar-refractivity contribution in [3.8, 4) is 0 Å². The molecule has 2 nitrogen and oxygen atoms in total. The number of fused-ring (bicyclic) bond motifs is 1. The Morgan fingerprint density at radius 1 is 1.14 bits per heavy atom. The quantitative estimate of drug-likeness (QED) is 0.821. The van der Waals surface area contributed by atoms with E-state index in [2.05, 4.69) is 35.2 Å². The molecule has 3 aliphatic rings. The highest BCUT2D eigenvalue weighted by Gasteiger charge is 2.68. The van der Waals surface area contributed by atoms with E-state index in [-0.39, 0.29) is 0 Å². The Balaban J connectivity index is 1.34. The molecule has 1 aromatic carbocycles. The van der Waals surface area contributed by atoms with E-state index in [0.717, 1.165) is 25.0 Å². The first-order chi connectivity index (χ1) is 10.4. The Hall–Kier alpha value is -0.860. The van der Waals surface area contributed by atoms with Gasteiger partial charge in [0.25, 0.3) is 0 Å². The van der Waals surface area contributed by atoms with Crippen molar-refractivity contribution < 1.29 is 4.74 Å². The van der Waals surface area contributed by atoms with Gasteiger partial charge in [0.15, 0.2) is 0 Å². The highest BCUT2D eigenvalue weighted by molar-refractivity contribution is 5.22. The van der Waals surface area contributed by atoms with Gasteiger partial charge in [-0.05, 0) is 49.5 Å². The van der Waals surface area contributed by atoms with Crippen molar-refractivity contribution >= 4 is 0 Å². The fourth-order valence-corrected chi connectivity index (χ4v) is 5.24. The zero-order chi connectivity index (χ0) is 14.1. The Morgan fingerprint density at radius 3 is 2.76 bits per heavy atom. The molecule has 21 heavy (non-hydrogen) atoms. The van der Waals surface area contributed by atoms with Gasteiger partial charge in [-0.15, -0.1) is 0 Å². The lowest BCUT2D eigenvalue weighted by Gasteiger charge is -2.35. The van der Waals surface area contributed by atoms with Crippen LogP contribution in [0.1, 0.15) is 37.7 Å². The number of hydrogen-bond donors (Lipinski definition) is 0. The normalized spacial score (nSPS) is 35.6. The molecule has 3 fully saturated rings. The second-order valence-electron chi connectivity index (χ2n) is 7.07. The van der Waals surface area contributed by atoms with Crippen LogP contribution >= 0.6 is 0 Å². The van der Waals surface area contributed by atoms with E-state index in [9.17, 15) is 0 Å². The zero-order valence-corrected chi connectivity index (χ0v) is 13.0. The van der Waals surface area contributed by atoms with Crippen LogP contribution in [0.5, 0.6) is 0 Å². The van der Waals surface area contributed by atoms with Crippen molar-refractivity contribution in [1.82, 2.24) is 4.90 Å². The molecule has 2 saturated carbocycles. The molecule has 0 amide bonds. The predicted octanol–water partition coefficient (Wildman–Crippen LogP) is 3.51. The van der Waals surface area contributed by atoms with Gasteiger partial charge >= 0.3 is 0 Å². The van der Waals surface area contributed by atoms with E-state index in [1.807, 2.05) is 0 Å². The summed E-state index contributed by atoms with van der Waals surface area (Å²) >= 11 is 0. The average molecular weight is 285 g/mol. The van der Waals surface area contributed by atoms with Crippen molar-refractivity contribution in [3.05, 3.63) is 35.9 Å². The first-order valence-corrected chi connectivity index (χ1v) is 8.78. The van der Waals surface area contributed by atoms with Crippen LogP contribution < -0.4 is 0 Å². The van der Waals surface area contributed by atoms with E-state index < -0.39 is 0 Å². The van der Waals surface area contributed by atoms with Crippen LogP contribution in [0.4, 0.5) is 0 Å². The molecule has 0 N–H and O–H groups in total. The molecule has 2 aliphatic carbocycles. The number of rotatable bonds is 5. The van der Waals surface area contributed by atoms with Gasteiger partial charge in [-0.3, -0.25) is 4.90 Å². The topological polar surface area (TPSA) is 12.5 Å². The number of aryl methyl sites for hydroxylation is 1. The van der Waals surface area contributed by atoms with Gasteiger partial charge in [-0.1, -0.05) is 36.8 Å². The highest BCUT2D eigenvalue weighted by Crippen LogP contribution is 2.66. The van der Waals surface area contributed by atoms with Crippen LogP contribution in [-0.4, -0.2) is 36.7 Å². The number of morpholine rings is 1. The maximum absolute atomic E-state index is 5.56. The van der Waals surface area contributed by atoms with Crippen LogP contribution in [-0.2, 0) is 11.2 Å². The number of nitrogens with zero attached hydrogens (tertiary/aromatic N) is 1. The highest BCUT2D eigenvalue weighted by atomic mass is 16.5. The molecule has 0 bridgehead atoms. The molecule has 1 aromatic rings. The second-order valence-corrected chi connectivity index (χ2v) is 7.07. The number of benzene rings is 1. The largest absolute Gasteiger partial charge is 0.379 e. The first-order valence-electron chi connectivity index (χ1n) is 8.78. The van der Waals surface area contributed by atoms with Crippen molar-refractivity contribution in [2.45, 2.75) is 44.1 Å². The standard InChI is InChI=1S/C19H27NO/c1-2-6-16(7-3-1)8-4-9-17-18-10-5-11-19(17,18)20-12-14-21-15-13-20/h1-3,6-7,17-18H,4-5,8-15H2/t17-,18-,19+/m0/s1. The third-order valence-electron chi connectivity index (χ3n) is 6.18. The SMILES string of the molecule is c1ccc(CCC[C@H]2[C@@H]3CCC[C@@]23N2CCOCC2)cc1. The van der Waals surface area contributed by atoms with Gasteiger partial charge in [-0.25, -0.2) is 0 Å². The summed E-state index contributed by atoms with van der Waals surface area (Å²) in [6.07, 6.45) is 8.43. The van der Waals surface area contributed by atoms with Crippen molar-refractivity contribution in [2.24, 2.45) is 11.8 Å². The van der Waals surface area contributed by atoms with Crippen molar-refractivity contribution in [3.63, 3.8) is 0 Å². The average Bonchev–Trinajstić information content (AvgIpc) is 2.94. The molecular formula is C19H27NO. The monoisotopic (exact) mass is 285 g/mol. The maximum Gasteiger partial charge on any atom is 0.0594 e. The Kier molecular flexibility index (Phi) is 3.76. The van der Waals surface area contributed by atoms with Gasteiger partial charge in [0, 0.05) is 18.6 Å². The summed E-state index contributed by atoms with van der Waals surface area (Å²) in [4.78, 5) is 2.79. The Bertz CT molecular complexity index is 468. The molecule has 1 heterocycles. The van der Waals surface area contributed by atoms with E-state index >= 15 is 0 Å². The lowest BCUT2D eigenvalue weighted by Crippen LogP contribution is -2.46. The minimum Gasteiger partial charge on any atom is -0.379 e. The van der Waals surface area contributed by atoms with E-state index in [0.29, 0.717) is 5.54 Å². The van der Waals surface area contributed by atoms with Gasteiger partial charge in [0.2, 0.25) is 0 Å². The summed E-state index contributed by atoms with van der Waals surface area (Å²) in [5.74, 6) is 1.99. The molecular weight excluding hydrogens is 258 g/mol. The fraction of sp³-hybridized carbons (Fsp3) is 0.684. The molecule has 3 atom stereocenters. The van der Waals surface area contributed by atoms with Crippen LogP contribution in [0, 0.1) is 11.8 Å². The summed E-state index contributed by atoms with van der Waals surface area (Å²) in [6.45, 7) is 4.24. The van der Waals surface area contributed by atoms with Crippen LogP contribution in [0.15, 0.2) is 30.3 Å². The third kappa shape index (κ3) is 2.43. The summed E-state index contributed by atoms with van der Waals surface area (Å²) < 4.78 is 5.56. The zero-order valence-electron chi connectivity index (χ0n) is 13.0. The van der Waals surface area contributed by atoms with Crippen LogP contribution in [0.3, 0.4) is 0 Å². The van der Waals surface area contributed by atoms with E-state index in [4.69, 9.17) is 4.74 Å². The molecule has 0 radical (unpaired) electrons. The Morgan fingerprint density at radius 2 is 1.95 bits per heavy atom. The fourth-order valence-electron chi connectivity index (χ4n) is 5.24. The summed E-state index contributed by atoms with van der Waals surface area (Å²) in [5.41, 5.74) is 2.10. The maximum atomic E-state index is 5.56. The Labute approximate surface area is 128 Å². The van der Waals surface area contributed by atoms with Gasteiger partial charge in [0.1, 0.15) is 0 Å². The summed E-state index contributed by atoms with van der Waals surface area (Å²) in [6, 6.07) is 11.0. The van der Waals surface area contributed by atoms with Crippen molar-refractivity contribution in [1.29, 1.82) is 0 Å². The molecule has 4 rings (SSSR count). The lowest BCUT2D eigenvalue weighted by atomic mass is 9.99.